The van der Waals surface area contributed by atoms with Gasteiger partial charge in [0.2, 0.25) is 0 Å². The summed E-state index contributed by atoms with van der Waals surface area (Å²) in [4.78, 5) is 24.5. The highest BCUT2D eigenvalue weighted by Gasteiger charge is 2.24. The van der Waals surface area contributed by atoms with E-state index in [2.05, 4.69) is 0 Å². The van der Waals surface area contributed by atoms with Crippen LogP contribution in [0.3, 0.4) is 0 Å². The Morgan fingerprint density at radius 3 is 2.32 bits per heavy atom. The molecule has 1 aliphatic rings. The van der Waals surface area contributed by atoms with Crippen LogP contribution in [0.15, 0.2) is 24.3 Å². The molecule has 1 aliphatic heterocycles. The number of carbonyl (C=O) groups is 2. The van der Waals surface area contributed by atoms with E-state index in [1.165, 1.54) is 12.1 Å². The summed E-state index contributed by atoms with van der Waals surface area (Å²) in [5.41, 5.74) is 0.200. The fraction of sp³-hybridized carbons (Fsp3) is 0.429. The average molecular weight is 263 g/mol. The summed E-state index contributed by atoms with van der Waals surface area (Å²) in [5, 5.41) is 8.79. The van der Waals surface area contributed by atoms with Crippen LogP contribution in [0.4, 0.5) is 0 Å². The molecule has 102 valence electrons. The van der Waals surface area contributed by atoms with Gasteiger partial charge in [0, 0.05) is 13.1 Å². The van der Waals surface area contributed by atoms with Crippen LogP contribution in [0, 0.1) is 0 Å². The highest BCUT2D eigenvalue weighted by atomic mass is 16.5. The summed E-state index contributed by atoms with van der Waals surface area (Å²) in [6.45, 7) is 3.31. The van der Waals surface area contributed by atoms with E-state index in [-0.39, 0.29) is 11.5 Å². The molecule has 0 spiro atoms. The lowest BCUT2D eigenvalue weighted by atomic mass is 10.2. The number of aromatic carboxylic acids is 1. The van der Waals surface area contributed by atoms with Gasteiger partial charge in [0.1, 0.15) is 5.75 Å². The molecule has 0 aromatic heterocycles. The number of nitrogens with zero attached hydrogens (tertiary/aromatic N) is 1. The van der Waals surface area contributed by atoms with Crippen LogP contribution in [0.1, 0.15) is 30.1 Å². The van der Waals surface area contributed by atoms with Gasteiger partial charge in [-0.15, -0.1) is 0 Å². The Morgan fingerprint density at radius 2 is 1.79 bits per heavy atom. The van der Waals surface area contributed by atoms with E-state index < -0.39 is 12.1 Å². The van der Waals surface area contributed by atoms with E-state index in [1.54, 1.807) is 24.0 Å². The molecule has 5 heteroatoms. The zero-order valence-corrected chi connectivity index (χ0v) is 10.8. The number of amides is 1. The van der Waals surface area contributed by atoms with Crippen molar-refractivity contribution in [2.24, 2.45) is 0 Å². The molecule has 1 N–H and O–H groups in total. The van der Waals surface area contributed by atoms with Gasteiger partial charge in [0.15, 0.2) is 6.10 Å². The van der Waals surface area contributed by atoms with Gasteiger partial charge in [0.25, 0.3) is 5.91 Å². The van der Waals surface area contributed by atoms with E-state index in [1.807, 2.05) is 0 Å². The van der Waals surface area contributed by atoms with Crippen molar-refractivity contribution in [3.8, 4) is 5.75 Å². The first-order valence-corrected chi connectivity index (χ1v) is 6.37. The number of benzene rings is 1. The molecule has 1 unspecified atom stereocenters. The molecule has 1 aromatic carbocycles. The second-order valence-corrected chi connectivity index (χ2v) is 4.62. The number of carbonyl (C=O) groups excluding carboxylic acids is 1. The second kappa shape index (κ2) is 5.73. The van der Waals surface area contributed by atoms with Crippen LogP contribution in [0.5, 0.6) is 5.75 Å². The summed E-state index contributed by atoms with van der Waals surface area (Å²) in [7, 11) is 0. The van der Waals surface area contributed by atoms with Crippen LogP contribution in [0.2, 0.25) is 0 Å². The van der Waals surface area contributed by atoms with E-state index in [0.29, 0.717) is 5.75 Å². The Kier molecular flexibility index (Phi) is 4.04. The van der Waals surface area contributed by atoms with Crippen LogP contribution in [-0.2, 0) is 4.79 Å². The maximum Gasteiger partial charge on any atom is 0.335 e. The second-order valence-electron chi connectivity index (χ2n) is 4.62. The van der Waals surface area contributed by atoms with Crippen molar-refractivity contribution in [1.29, 1.82) is 0 Å². The molecule has 0 radical (unpaired) electrons. The highest BCUT2D eigenvalue weighted by Crippen LogP contribution is 2.16. The largest absolute Gasteiger partial charge is 0.481 e. The maximum absolute atomic E-state index is 12.0. The number of hydrogen-bond acceptors (Lipinski definition) is 3. The van der Waals surface area contributed by atoms with E-state index >= 15 is 0 Å². The number of likely N-dealkylation sites (tertiary alicyclic amines) is 1. The molecule has 0 saturated carbocycles. The van der Waals surface area contributed by atoms with Crippen molar-refractivity contribution in [1.82, 2.24) is 4.90 Å². The van der Waals surface area contributed by atoms with Gasteiger partial charge in [0.05, 0.1) is 5.56 Å². The van der Waals surface area contributed by atoms with E-state index in [0.717, 1.165) is 25.9 Å². The predicted molar refractivity (Wildman–Crippen MR) is 69.3 cm³/mol. The number of ether oxygens (including phenoxy) is 1. The van der Waals surface area contributed by atoms with Crippen molar-refractivity contribution in [3.63, 3.8) is 0 Å². The topological polar surface area (TPSA) is 66.8 Å². The molecule has 1 atom stereocenters. The zero-order valence-electron chi connectivity index (χ0n) is 10.8. The van der Waals surface area contributed by atoms with Crippen molar-refractivity contribution in [2.45, 2.75) is 25.9 Å². The van der Waals surface area contributed by atoms with E-state index in [4.69, 9.17) is 9.84 Å². The number of carboxylic acid groups (broad SMARTS) is 1. The smallest absolute Gasteiger partial charge is 0.335 e. The monoisotopic (exact) mass is 263 g/mol. The lowest BCUT2D eigenvalue weighted by molar-refractivity contribution is -0.136. The Morgan fingerprint density at radius 1 is 1.21 bits per heavy atom. The third-order valence-electron chi connectivity index (χ3n) is 3.18. The molecule has 1 heterocycles. The van der Waals surface area contributed by atoms with Crippen molar-refractivity contribution in [2.75, 3.05) is 13.1 Å². The molecule has 0 aliphatic carbocycles. The van der Waals surface area contributed by atoms with Crippen molar-refractivity contribution < 1.29 is 19.4 Å². The molecule has 1 aromatic rings. The fourth-order valence-electron chi connectivity index (χ4n) is 2.13. The first kappa shape index (κ1) is 13.4. The molecule has 1 saturated heterocycles. The number of rotatable bonds is 4. The Bertz CT molecular complexity index is 463. The Hall–Kier alpha value is -2.04. The van der Waals surface area contributed by atoms with Crippen LogP contribution in [-0.4, -0.2) is 41.1 Å². The summed E-state index contributed by atoms with van der Waals surface area (Å²) in [5.74, 6) is -0.488. The fourth-order valence-corrected chi connectivity index (χ4v) is 2.13. The minimum Gasteiger partial charge on any atom is -0.481 e. The molecule has 5 nitrogen and oxygen atoms in total. The Balaban J connectivity index is 1.96. The van der Waals surface area contributed by atoms with Crippen LogP contribution < -0.4 is 4.74 Å². The van der Waals surface area contributed by atoms with Crippen molar-refractivity contribution >= 4 is 11.9 Å². The summed E-state index contributed by atoms with van der Waals surface area (Å²) in [6.07, 6.45) is 1.55. The third kappa shape index (κ3) is 3.24. The van der Waals surface area contributed by atoms with Gasteiger partial charge in [-0.2, -0.15) is 0 Å². The molecular weight excluding hydrogens is 246 g/mol. The third-order valence-corrected chi connectivity index (χ3v) is 3.18. The average Bonchev–Trinajstić information content (AvgIpc) is 2.92. The lowest BCUT2D eigenvalue weighted by Crippen LogP contribution is -2.38. The minimum atomic E-state index is -0.979. The van der Waals surface area contributed by atoms with Crippen molar-refractivity contribution in [3.05, 3.63) is 29.8 Å². The zero-order chi connectivity index (χ0) is 13.8. The minimum absolute atomic E-state index is 0.0141. The van der Waals surface area contributed by atoms with E-state index in [9.17, 15) is 9.59 Å². The molecule has 1 amide bonds. The predicted octanol–water partition coefficient (Wildman–Crippen LogP) is 1.77. The van der Waals surface area contributed by atoms with Gasteiger partial charge in [-0.1, -0.05) is 0 Å². The molecule has 0 bridgehead atoms. The number of carboxylic acids is 1. The first-order valence-electron chi connectivity index (χ1n) is 6.37. The SMILES string of the molecule is CC(Oc1ccc(C(=O)O)cc1)C(=O)N1CCCC1. The van der Waals surface area contributed by atoms with Gasteiger partial charge >= 0.3 is 5.97 Å². The molecule has 1 fully saturated rings. The van der Waals surface area contributed by atoms with Gasteiger partial charge in [-0.05, 0) is 44.0 Å². The van der Waals surface area contributed by atoms with Crippen LogP contribution >= 0.6 is 0 Å². The quantitative estimate of drug-likeness (QED) is 0.899. The molecule has 2 rings (SSSR count). The lowest BCUT2D eigenvalue weighted by Gasteiger charge is -2.21. The Labute approximate surface area is 111 Å². The summed E-state index contributed by atoms with van der Waals surface area (Å²) >= 11 is 0. The van der Waals surface area contributed by atoms with Gasteiger partial charge < -0.3 is 14.7 Å². The van der Waals surface area contributed by atoms with Crippen LogP contribution in [0.25, 0.3) is 0 Å². The maximum atomic E-state index is 12.0. The highest BCUT2D eigenvalue weighted by molar-refractivity contribution is 5.87. The summed E-state index contributed by atoms with van der Waals surface area (Å²) in [6, 6.07) is 6.06. The first-order chi connectivity index (χ1) is 9.08. The van der Waals surface area contributed by atoms with Gasteiger partial charge in [-0.25, -0.2) is 4.79 Å². The standard InChI is InChI=1S/C14H17NO4/c1-10(13(16)15-8-2-3-9-15)19-12-6-4-11(5-7-12)14(17)18/h4-7,10H,2-3,8-9H2,1H3,(H,17,18). The molecular formula is C14H17NO4. The molecule has 19 heavy (non-hydrogen) atoms. The normalized spacial score (nSPS) is 16.2. The van der Waals surface area contributed by atoms with Gasteiger partial charge in [-0.3, -0.25) is 4.79 Å². The number of hydrogen-bond donors (Lipinski definition) is 1. The summed E-state index contributed by atoms with van der Waals surface area (Å²) < 4.78 is 5.54.